The molecule has 2 N–H and O–H groups in total. The molecule has 1 amide bonds. The summed E-state index contributed by atoms with van der Waals surface area (Å²) in [6.45, 7) is 6.24. The molecule has 0 aliphatic rings. The molecule has 0 spiro atoms. The minimum atomic E-state index is -0.293. The molecular formula is C15H23ClN2O3. The Bertz CT molecular complexity index is 498. The summed E-state index contributed by atoms with van der Waals surface area (Å²) in [6, 6.07) is 3.45. The molecule has 0 aliphatic carbocycles. The highest BCUT2D eigenvalue weighted by Gasteiger charge is 2.17. The quantitative estimate of drug-likeness (QED) is 0.846. The molecule has 5 nitrogen and oxygen atoms in total. The van der Waals surface area contributed by atoms with Crippen LogP contribution < -0.4 is 20.1 Å². The maximum Gasteiger partial charge on any atom is 0.258 e. The maximum atomic E-state index is 11.8. The Kier molecular flexibility index (Phi) is 6.30. The molecule has 0 radical (unpaired) electrons. The zero-order valence-electron chi connectivity index (χ0n) is 13.2. The third-order valence-corrected chi connectivity index (χ3v) is 2.76. The number of halogens is 1. The van der Waals surface area contributed by atoms with Crippen LogP contribution in [0.2, 0.25) is 5.02 Å². The lowest BCUT2D eigenvalue weighted by Gasteiger charge is -2.21. The number of benzene rings is 1. The first-order valence-electron chi connectivity index (χ1n) is 6.71. The second-order valence-corrected chi connectivity index (χ2v) is 6.15. The van der Waals surface area contributed by atoms with Gasteiger partial charge in [0.2, 0.25) is 0 Å². The van der Waals surface area contributed by atoms with Crippen LogP contribution in [0, 0.1) is 0 Å². The summed E-state index contributed by atoms with van der Waals surface area (Å²) in [7, 11) is 3.36. The molecule has 0 aliphatic heterocycles. The molecule has 1 aromatic rings. The van der Waals surface area contributed by atoms with E-state index in [0.29, 0.717) is 23.1 Å². The third-order valence-electron chi connectivity index (χ3n) is 2.55. The second-order valence-electron chi connectivity index (χ2n) is 5.71. The van der Waals surface area contributed by atoms with E-state index in [1.165, 1.54) is 7.11 Å². The van der Waals surface area contributed by atoms with E-state index in [1.54, 1.807) is 12.1 Å². The molecule has 0 bridgehead atoms. The van der Waals surface area contributed by atoms with Crippen molar-refractivity contribution in [2.45, 2.75) is 32.9 Å². The zero-order chi connectivity index (χ0) is 16.0. The van der Waals surface area contributed by atoms with Crippen LogP contribution >= 0.6 is 11.6 Å². The molecule has 21 heavy (non-hydrogen) atoms. The van der Waals surface area contributed by atoms with Crippen molar-refractivity contribution < 1.29 is 14.3 Å². The third kappa shape index (κ3) is 5.81. The molecular weight excluding hydrogens is 292 g/mol. The number of carbonyl (C=O) groups excluding carboxylic acids is 1. The number of rotatable bonds is 6. The van der Waals surface area contributed by atoms with Crippen molar-refractivity contribution in [2.24, 2.45) is 0 Å². The fraction of sp³-hybridized carbons (Fsp3) is 0.533. The molecule has 1 aromatic carbocycles. The molecule has 0 saturated heterocycles. The molecule has 0 atom stereocenters. The zero-order valence-corrected chi connectivity index (χ0v) is 13.9. The fourth-order valence-electron chi connectivity index (χ4n) is 1.85. The Hall–Kier alpha value is -1.46. The van der Waals surface area contributed by atoms with Gasteiger partial charge in [-0.3, -0.25) is 4.79 Å². The van der Waals surface area contributed by atoms with Crippen LogP contribution in [0.5, 0.6) is 11.5 Å². The number of carbonyl (C=O) groups is 1. The smallest absolute Gasteiger partial charge is 0.258 e. The van der Waals surface area contributed by atoms with Crippen molar-refractivity contribution in [3.05, 3.63) is 22.7 Å². The van der Waals surface area contributed by atoms with Crippen LogP contribution in [0.1, 0.15) is 26.3 Å². The lowest BCUT2D eigenvalue weighted by atomic mass is 10.1. The molecule has 0 aromatic heterocycles. The van der Waals surface area contributed by atoms with Gasteiger partial charge in [-0.05, 0) is 33.9 Å². The standard InChI is InChI=1S/C15H23ClN2O3/c1-15(2,3)18-13(19)9-21-14-10(8-17-4)6-11(16)7-12(14)20-5/h6-7,17H,8-9H2,1-5H3,(H,18,19). The van der Waals surface area contributed by atoms with Crippen molar-refractivity contribution in [1.82, 2.24) is 10.6 Å². The normalized spacial score (nSPS) is 11.1. The van der Waals surface area contributed by atoms with E-state index in [-0.39, 0.29) is 18.1 Å². The first kappa shape index (κ1) is 17.6. The van der Waals surface area contributed by atoms with Crippen LogP contribution in [0.4, 0.5) is 0 Å². The van der Waals surface area contributed by atoms with E-state index >= 15 is 0 Å². The van der Waals surface area contributed by atoms with Crippen LogP contribution in [0.25, 0.3) is 0 Å². The predicted molar refractivity (Wildman–Crippen MR) is 84.2 cm³/mol. The SMILES string of the molecule is CNCc1cc(Cl)cc(OC)c1OCC(=O)NC(C)(C)C. The van der Waals surface area contributed by atoms with Gasteiger partial charge in [0.1, 0.15) is 0 Å². The Labute approximate surface area is 131 Å². The van der Waals surface area contributed by atoms with Gasteiger partial charge in [0.05, 0.1) is 7.11 Å². The minimum Gasteiger partial charge on any atom is -0.493 e. The van der Waals surface area contributed by atoms with Crippen LogP contribution in [0.3, 0.4) is 0 Å². The number of ether oxygens (including phenoxy) is 2. The van der Waals surface area contributed by atoms with Crippen molar-refractivity contribution in [3.63, 3.8) is 0 Å². The lowest BCUT2D eigenvalue weighted by molar-refractivity contribution is -0.124. The van der Waals surface area contributed by atoms with Crippen molar-refractivity contribution in [3.8, 4) is 11.5 Å². The van der Waals surface area contributed by atoms with Crippen molar-refractivity contribution in [2.75, 3.05) is 20.8 Å². The number of amides is 1. The summed E-state index contributed by atoms with van der Waals surface area (Å²) in [6.07, 6.45) is 0. The monoisotopic (exact) mass is 314 g/mol. The molecule has 0 heterocycles. The van der Waals surface area contributed by atoms with Gasteiger partial charge in [-0.25, -0.2) is 0 Å². The van der Waals surface area contributed by atoms with Crippen molar-refractivity contribution >= 4 is 17.5 Å². The van der Waals surface area contributed by atoms with Gasteiger partial charge in [0.25, 0.3) is 5.91 Å². The average Bonchev–Trinajstić information content (AvgIpc) is 2.35. The number of methoxy groups -OCH3 is 1. The Balaban J connectivity index is 2.88. The number of hydrogen-bond acceptors (Lipinski definition) is 4. The first-order valence-corrected chi connectivity index (χ1v) is 7.09. The van der Waals surface area contributed by atoms with E-state index in [9.17, 15) is 4.79 Å². The molecule has 1 rings (SSSR count). The first-order chi connectivity index (χ1) is 9.76. The lowest BCUT2D eigenvalue weighted by Crippen LogP contribution is -2.43. The number of hydrogen-bond donors (Lipinski definition) is 2. The maximum absolute atomic E-state index is 11.8. The second kappa shape index (κ2) is 7.52. The summed E-state index contributed by atoms with van der Waals surface area (Å²) in [4.78, 5) is 11.8. The fourth-order valence-corrected chi connectivity index (χ4v) is 2.08. The van der Waals surface area contributed by atoms with Gasteiger partial charge in [-0.15, -0.1) is 0 Å². The van der Waals surface area contributed by atoms with E-state index in [1.807, 2.05) is 27.8 Å². The van der Waals surface area contributed by atoms with Gasteiger partial charge >= 0.3 is 0 Å². The highest BCUT2D eigenvalue weighted by Crippen LogP contribution is 2.34. The topological polar surface area (TPSA) is 59.6 Å². The molecule has 0 unspecified atom stereocenters. The highest BCUT2D eigenvalue weighted by atomic mass is 35.5. The summed E-state index contributed by atoms with van der Waals surface area (Å²) in [5.74, 6) is 0.853. The van der Waals surface area contributed by atoms with Crippen LogP contribution in [-0.4, -0.2) is 32.2 Å². The Morgan fingerprint density at radius 2 is 2.00 bits per heavy atom. The molecule has 118 valence electrons. The van der Waals surface area contributed by atoms with Gasteiger partial charge in [-0.2, -0.15) is 0 Å². The molecule has 0 fully saturated rings. The van der Waals surface area contributed by atoms with Gasteiger partial charge in [0.15, 0.2) is 18.1 Å². The number of nitrogens with one attached hydrogen (secondary N) is 2. The van der Waals surface area contributed by atoms with Gasteiger partial charge in [0, 0.05) is 28.7 Å². The molecule has 0 saturated carbocycles. The Morgan fingerprint density at radius 1 is 1.33 bits per heavy atom. The van der Waals surface area contributed by atoms with E-state index in [4.69, 9.17) is 21.1 Å². The predicted octanol–water partition coefficient (Wildman–Crippen LogP) is 2.36. The van der Waals surface area contributed by atoms with Crippen molar-refractivity contribution in [1.29, 1.82) is 0 Å². The summed E-state index contributed by atoms with van der Waals surface area (Å²) >= 11 is 6.04. The van der Waals surface area contributed by atoms with Crippen LogP contribution in [0.15, 0.2) is 12.1 Å². The van der Waals surface area contributed by atoms with E-state index in [0.717, 1.165) is 5.56 Å². The van der Waals surface area contributed by atoms with Gasteiger partial charge < -0.3 is 20.1 Å². The van der Waals surface area contributed by atoms with E-state index in [2.05, 4.69) is 10.6 Å². The summed E-state index contributed by atoms with van der Waals surface area (Å²) in [5, 5.41) is 6.44. The summed E-state index contributed by atoms with van der Waals surface area (Å²) in [5.41, 5.74) is 0.545. The Morgan fingerprint density at radius 3 is 2.52 bits per heavy atom. The van der Waals surface area contributed by atoms with Gasteiger partial charge in [-0.1, -0.05) is 11.6 Å². The summed E-state index contributed by atoms with van der Waals surface area (Å²) < 4.78 is 10.9. The van der Waals surface area contributed by atoms with Crippen LogP contribution in [-0.2, 0) is 11.3 Å². The largest absolute Gasteiger partial charge is 0.493 e. The average molecular weight is 315 g/mol. The molecule has 6 heteroatoms. The minimum absolute atomic E-state index is 0.0774. The highest BCUT2D eigenvalue weighted by molar-refractivity contribution is 6.30. The van der Waals surface area contributed by atoms with E-state index < -0.39 is 0 Å².